The molecule has 0 saturated carbocycles. The average Bonchev–Trinajstić information content (AvgIpc) is 2.18. The summed E-state index contributed by atoms with van der Waals surface area (Å²) in [6.45, 7) is 0.347. The Balaban J connectivity index is 2.55. The fraction of sp³-hybridized carbons (Fsp3) is 0.300. The van der Waals surface area contributed by atoms with Crippen LogP contribution in [0.4, 0.5) is 10.1 Å². The normalized spacial score (nSPS) is 24.9. The monoisotopic (exact) mass is 195 g/mol. The van der Waals surface area contributed by atoms with E-state index in [1.807, 2.05) is 0 Å². The molecule has 1 aliphatic heterocycles. The summed E-state index contributed by atoms with van der Waals surface area (Å²) in [4.78, 5) is 10.8. The first-order valence-corrected chi connectivity index (χ1v) is 4.40. The molecule has 0 amide bonds. The van der Waals surface area contributed by atoms with Crippen LogP contribution in [0.15, 0.2) is 24.3 Å². The summed E-state index contributed by atoms with van der Waals surface area (Å²) in [5, 5.41) is 11.8. The SMILES string of the molecule is O=C(O)C1(F)CCNc2ccccc21. The van der Waals surface area contributed by atoms with Crippen molar-refractivity contribution in [3.63, 3.8) is 0 Å². The van der Waals surface area contributed by atoms with Gasteiger partial charge in [-0.1, -0.05) is 18.2 Å². The Morgan fingerprint density at radius 2 is 2.21 bits per heavy atom. The number of hydrogen-bond acceptors (Lipinski definition) is 2. The molecule has 74 valence electrons. The van der Waals surface area contributed by atoms with Gasteiger partial charge in [0.2, 0.25) is 5.67 Å². The van der Waals surface area contributed by atoms with Crippen LogP contribution in [-0.2, 0) is 10.5 Å². The highest BCUT2D eigenvalue weighted by Crippen LogP contribution is 2.38. The van der Waals surface area contributed by atoms with E-state index in [0.29, 0.717) is 12.2 Å². The van der Waals surface area contributed by atoms with Crippen LogP contribution in [0.2, 0.25) is 0 Å². The number of carbonyl (C=O) groups is 1. The molecule has 1 unspecified atom stereocenters. The molecule has 1 aromatic carbocycles. The van der Waals surface area contributed by atoms with Crippen molar-refractivity contribution >= 4 is 11.7 Å². The topological polar surface area (TPSA) is 49.3 Å². The lowest BCUT2D eigenvalue weighted by Gasteiger charge is -2.29. The van der Waals surface area contributed by atoms with Crippen LogP contribution in [0.3, 0.4) is 0 Å². The number of hydrogen-bond donors (Lipinski definition) is 2. The lowest BCUT2D eigenvalue weighted by atomic mass is 9.88. The van der Waals surface area contributed by atoms with E-state index >= 15 is 0 Å². The van der Waals surface area contributed by atoms with Crippen molar-refractivity contribution < 1.29 is 14.3 Å². The van der Waals surface area contributed by atoms with Gasteiger partial charge in [0.1, 0.15) is 0 Å². The van der Waals surface area contributed by atoms with Gasteiger partial charge in [0.25, 0.3) is 0 Å². The number of nitrogens with one attached hydrogen (secondary N) is 1. The zero-order valence-electron chi connectivity index (χ0n) is 7.46. The van der Waals surface area contributed by atoms with Crippen molar-refractivity contribution in [2.75, 3.05) is 11.9 Å². The third-order valence-electron chi connectivity index (χ3n) is 2.48. The number of carboxylic acids is 1. The summed E-state index contributed by atoms with van der Waals surface area (Å²) in [7, 11) is 0. The van der Waals surface area contributed by atoms with Gasteiger partial charge in [-0.05, 0) is 6.07 Å². The van der Waals surface area contributed by atoms with E-state index in [1.54, 1.807) is 18.2 Å². The average molecular weight is 195 g/mol. The molecule has 0 bridgehead atoms. The van der Waals surface area contributed by atoms with E-state index in [-0.39, 0.29) is 12.0 Å². The first kappa shape index (κ1) is 8.99. The molecular formula is C10H10FNO2. The Hall–Kier alpha value is -1.58. The predicted molar refractivity (Wildman–Crippen MR) is 50.0 cm³/mol. The summed E-state index contributed by atoms with van der Waals surface area (Å²) in [6, 6.07) is 6.59. The number of anilines is 1. The molecular weight excluding hydrogens is 185 g/mol. The van der Waals surface area contributed by atoms with E-state index in [2.05, 4.69) is 5.32 Å². The summed E-state index contributed by atoms with van der Waals surface area (Å²) >= 11 is 0. The predicted octanol–water partition coefficient (Wildman–Crippen LogP) is 1.75. The molecule has 0 aliphatic carbocycles. The fourth-order valence-electron chi connectivity index (χ4n) is 1.71. The maximum atomic E-state index is 14.0. The van der Waals surface area contributed by atoms with Gasteiger partial charge in [0, 0.05) is 24.2 Å². The molecule has 2 N–H and O–H groups in total. The minimum atomic E-state index is -2.23. The van der Waals surface area contributed by atoms with Crippen LogP contribution < -0.4 is 5.32 Å². The highest BCUT2D eigenvalue weighted by Gasteiger charge is 2.44. The van der Waals surface area contributed by atoms with E-state index in [1.165, 1.54) is 6.07 Å². The van der Waals surface area contributed by atoms with Gasteiger partial charge in [-0.3, -0.25) is 0 Å². The molecule has 4 heteroatoms. The van der Waals surface area contributed by atoms with E-state index < -0.39 is 11.6 Å². The van der Waals surface area contributed by atoms with Crippen LogP contribution in [0.1, 0.15) is 12.0 Å². The fourth-order valence-corrected chi connectivity index (χ4v) is 1.71. The van der Waals surface area contributed by atoms with Crippen molar-refractivity contribution in [2.24, 2.45) is 0 Å². The summed E-state index contributed by atoms with van der Waals surface area (Å²) in [5.41, 5.74) is -1.44. The van der Waals surface area contributed by atoms with Crippen LogP contribution in [0.25, 0.3) is 0 Å². The Morgan fingerprint density at radius 3 is 2.93 bits per heavy atom. The number of para-hydroxylation sites is 1. The summed E-state index contributed by atoms with van der Waals surface area (Å²) < 4.78 is 14.0. The highest BCUT2D eigenvalue weighted by atomic mass is 19.1. The Kier molecular flexibility index (Phi) is 1.91. The molecule has 2 rings (SSSR count). The lowest BCUT2D eigenvalue weighted by Crippen LogP contribution is -2.37. The second-order valence-corrected chi connectivity index (χ2v) is 3.33. The first-order chi connectivity index (χ1) is 6.64. The minimum absolute atomic E-state index is 0.0284. The minimum Gasteiger partial charge on any atom is -0.479 e. The number of rotatable bonds is 1. The Morgan fingerprint density at radius 1 is 1.50 bits per heavy atom. The van der Waals surface area contributed by atoms with Crippen molar-refractivity contribution in [2.45, 2.75) is 12.1 Å². The zero-order valence-corrected chi connectivity index (χ0v) is 7.46. The molecule has 0 spiro atoms. The van der Waals surface area contributed by atoms with Crippen molar-refractivity contribution in [1.82, 2.24) is 0 Å². The maximum absolute atomic E-state index is 14.0. The van der Waals surface area contributed by atoms with Gasteiger partial charge in [-0.15, -0.1) is 0 Å². The number of halogens is 1. The molecule has 3 nitrogen and oxygen atoms in total. The van der Waals surface area contributed by atoms with E-state index in [9.17, 15) is 9.18 Å². The van der Waals surface area contributed by atoms with E-state index in [4.69, 9.17) is 5.11 Å². The van der Waals surface area contributed by atoms with E-state index in [0.717, 1.165) is 0 Å². The number of benzene rings is 1. The van der Waals surface area contributed by atoms with Gasteiger partial charge < -0.3 is 10.4 Å². The molecule has 1 aliphatic rings. The molecule has 14 heavy (non-hydrogen) atoms. The van der Waals surface area contributed by atoms with Gasteiger partial charge in [-0.25, -0.2) is 9.18 Å². The van der Waals surface area contributed by atoms with Crippen LogP contribution in [0, 0.1) is 0 Å². The second kappa shape index (κ2) is 2.97. The number of alkyl halides is 1. The third-order valence-corrected chi connectivity index (χ3v) is 2.48. The highest BCUT2D eigenvalue weighted by molar-refractivity contribution is 5.83. The zero-order chi connectivity index (χ0) is 10.2. The molecule has 0 radical (unpaired) electrons. The second-order valence-electron chi connectivity index (χ2n) is 3.33. The lowest BCUT2D eigenvalue weighted by molar-refractivity contribution is -0.152. The number of aliphatic carboxylic acids is 1. The maximum Gasteiger partial charge on any atom is 0.346 e. The van der Waals surface area contributed by atoms with Gasteiger partial charge in [0.05, 0.1) is 0 Å². The first-order valence-electron chi connectivity index (χ1n) is 4.40. The van der Waals surface area contributed by atoms with Crippen molar-refractivity contribution in [3.05, 3.63) is 29.8 Å². The van der Waals surface area contributed by atoms with Crippen LogP contribution in [0.5, 0.6) is 0 Å². The largest absolute Gasteiger partial charge is 0.479 e. The van der Waals surface area contributed by atoms with Crippen molar-refractivity contribution in [3.8, 4) is 0 Å². The van der Waals surface area contributed by atoms with Crippen LogP contribution in [-0.4, -0.2) is 17.6 Å². The molecule has 0 saturated heterocycles. The molecule has 1 aromatic rings. The molecule has 0 fully saturated rings. The van der Waals surface area contributed by atoms with Gasteiger partial charge in [0.15, 0.2) is 0 Å². The molecule has 1 atom stereocenters. The number of carboxylic acid groups (broad SMARTS) is 1. The summed E-state index contributed by atoms with van der Waals surface area (Å²) in [5.74, 6) is -1.41. The van der Waals surface area contributed by atoms with Gasteiger partial charge >= 0.3 is 5.97 Å². The van der Waals surface area contributed by atoms with Crippen molar-refractivity contribution in [1.29, 1.82) is 0 Å². The number of fused-ring (bicyclic) bond motifs is 1. The summed E-state index contributed by atoms with van der Waals surface area (Å²) in [6.07, 6.45) is -0.0284. The van der Waals surface area contributed by atoms with Crippen LogP contribution >= 0.6 is 0 Å². The molecule has 0 aromatic heterocycles. The quantitative estimate of drug-likeness (QED) is 0.717. The standard InChI is InChI=1S/C10H10FNO2/c11-10(9(13)14)5-6-12-8-4-2-1-3-7(8)10/h1-4,12H,5-6H2,(H,13,14). The van der Waals surface area contributed by atoms with Gasteiger partial charge in [-0.2, -0.15) is 0 Å². The molecule has 1 heterocycles. The Labute approximate surface area is 80.6 Å². The third kappa shape index (κ3) is 1.14. The smallest absolute Gasteiger partial charge is 0.346 e. The Bertz CT molecular complexity index is 380.